The van der Waals surface area contributed by atoms with Gasteiger partial charge in [-0.3, -0.25) is 19.2 Å². The van der Waals surface area contributed by atoms with Gasteiger partial charge in [0.2, 0.25) is 10.0 Å². The summed E-state index contributed by atoms with van der Waals surface area (Å²) in [6, 6.07) is 10.1. The van der Waals surface area contributed by atoms with Gasteiger partial charge in [-0.15, -0.1) is 0 Å². The molecule has 2 aromatic carbocycles. The average molecular weight is 448 g/mol. The van der Waals surface area contributed by atoms with Crippen molar-refractivity contribution in [2.24, 2.45) is 0 Å². The summed E-state index contributed by atoms with van der Waals surface area (Å²) in [6.45, 7) is 2.18. The van der Waals surface area contributed by atoms with Crippen LogP contribution in [0.4, 0.5) is 17.1 Å². The highest BCUT2D eigenvalue weighted by Crippen LogP contribution is 2.37. The van der Waals surface area contributed by atoms with Crippen LogP contribution in [-0.4, -0.2) is 45.2 Å². The Hall–Kier alpha value is -3.14. The van der Waals surface area contributed by atoms with Crippen molar-refractivity contribution in [3.63, 3.8) is 0 Å². The molecule has 9 nitrogen and oxygen atoms in total. The first kappa shape index (κ1) is 22.5. The number of nitro benzene ring substituents is 1. The van der Waals surface area contributed by atoms with Gasteiger partial charge in [0.25, 0.3) is 11.6 Å². The van der Waals surface area contributed by atoms with Crippen molar-refractivity contribution in [1.82, 2.24) is 0 Å². The molecule has 10 heteroatoms. The molecule has 0 fully saturated rings. The Morgan fingerprint density at radius 3 is 2.61 bits per heavy atom. The van der Waals surface area contributed by atoms with Crippen molar-refractivity contribution in [1.29, 1.82) is 0 Å². The molecule has 1 amide bonds. The third-order valence-corrected chi connectivity index (χ3v) is 6.46. The largest absolute Gasteiger partial charge is 0.495 e. The number of anilines is 2. The number of aryl methyl sites for hydroxylation is 1. The highest BCUT2D eigenvalue weighted by Gasteiger charge is 2.38. The summed E-state index contributed by atoms with van der Waals surface area (Å²) in [7, 11) is -2.64. The van der Waals surface area contributed by atoms with Crippen molar-refractivity contribution in [2.45, 2.75) is 32.2 Å². The molecule has 0 aromatic heterocycles. The van der Waals surface area contributed by atoms with Crippen LogP contribution in [0.3, 0.4) is 0 Å². The number of fused-ring (bicyclic) bond motifs is 1. The maximum atomic E-state index is 13.6. The third kappa shape index (κ3) is 4.48. The molecule has 0 bridgehead atoms. The van der Waals surface area contributed by atoms with Crippen LogP contribution in [0.25, 0.3) is 0 Å². The van der Waals surface area contributed by atoms with Crippen molar-refractivity contribution in [3.05, 3.63) is 58.1 Å². The smallest absolute Gasteiger partial charge is 0.271 e. The average Bonchev–Trinajstić information content (AvgIpc) is 2.75. The minimum atomic E-state index is -3.98. The summed E-state index contributed by atoms with van der Waals surface area (Å²) in [5, 5.41) is 11.3. The van der Waals surface area contributed by atoms with E-state index >= 15 is 0 Å². The third-order valence-electron chi connectivity index (χ3n) is 5.30. The summed E-state index contributed by atoms with van der Waals surface area (Å²) in [5.41, 5.74) is 1.45. The van der Waals surface area contributed by atoms with Crippen molar-refractivity contribution in [3.8, 4) is 5.75 Å². The number of carbonyl (C=O) groups excluding carboxylic acids is 1. The zero-order valence-electron chi connectivity index (χ0n) is 17.6. The molecule has 0 saturated heterocycles. The number of non-ortho nitro benzene ring substituents is 1. The Bertz CT molecular complexity index is 1100. The molecule has 1 unspecified atom stereocenters. The van der Waals surface area contributed by atoms with Crippen molar-refractivity contribution in [2.75, 3.05) is 29.1 Å². The maximum absolute atomic E-state index is 13.6. The molecular formula is C21H25N3O6S. The molecule has 2 aromatic rings. The number of para-hydroxylation sites is 1. The van der Waals surface area contributed by atoms with E-state index in [2.05, 4.69) is 0 Å². The zero-order chi connectivity index (χ0) is 22.8. The number of hydrogen-bond donors (Lipinski definition) is 0. The molecule has 1 atom stereocenters. The van der Waals surface area contributed by atoms with Gasteiger partial charge in [-0.2, -0.15) is 0 Å². The fourth-order valence-corrected chi connectivity index (χ4v) is 5.13. The topological polar surface area (TPSA) is 110 Å². The van der Waals surface area contributed by atoms with Crippen LogP contribution in [-0.2, 0) is 21.2 Å². The normalized spacial score (nSPS) is 14.5. The van der Waals surface area contributed by atoms with Crippen LogP contribution in [0, 0.1) is 10.1 Å². The molecule has 0 aliphatic carbocycles. The van der Waals surface area contributed by atoms with E-state index in [0.29, 0.717) is 6.54 Å². The summed E-state index contributed by atoms with van der Waals surface area (Å²) < 4.78 is 31.9. The highest BCUT2D eigenvalue weighted by atomic mass is 32.2. The van der Waals surface area contributed by atoms with E-state index in [-0.39, 0.29) is 29.5 Å². The molecule has 0 radical (unpaired) electrons. The molecule has 0 N–H and O–H groups in total. The number of rotatable bonds is 7. The Balaban J connectivity index is 2.12. The van der Waals surface area contributed by atoms with E-state index in [4.69, 9.17) is 4.74 Å². The summed E-state index contributed by atoms with van der Waals surface area (Å²) >= 11 is 0. The second kappa shape index (κ2) is 8.93. The first-order valence-electron chi connectivity index (χ1n) is 9.90. The monoisotopic (exact) mass is 447 g/mol. The lowest BCUT2D eigenvalue weighted by atomic mass is 10.0. The lowest BCUT2D eigenvalue weighted by molar-refractivity contribution is -0.384. The molecular weight excluding hydrogens is 422 g/mol. The second-order valence-electron chi connectivity index (χ2n) is 7.32. The number of amides is 1. The molecule has 166 valence electrons. The molecule has 1 aliphatic rings. The van der Waals surface area contributed by atoms with Gasteiger partial charge < -0.3 is 9.64 Å². The standard InChI is InChI=1S/C21H25N3O6S/c1-4-17(21(25)22-13-7-9-15-8-5-6-10-18(15)22)23(31(3,28)29)19-14-16(24(26)27)11-12-20(19)30-2/h5-6,8,10-12,14,17H,4,7,9,13H2,1-3H3. The van der Waals surface area contributed by atoms with Crippen LogP contribution in [0.1, 0.15) is 25.3 Å². The Labute approximate surface area is 181 Å². The van der Waals surface area contributed by atoms with Gasteiger partial charge in [-0.1, -0.05) is 25.1 Å². The number of nitrogens with zero attached hydrogens (tertiary/aromatic N) is 3. The zero-order valence-corrected chi connectivity index (χ0v) is 18.5. The number of methoxy groups -OCH3 is 1. The number of nitro groups is 1. The Morgan fingerprint density at radius 2 is 2.00 bits per heavy atom. The minimum Gasteiger partial charge on any atom is -0.495 e. The lowest BCUT2D eigenvalue weighted by Gasteiger charge is -2.36. The predicted octanol–water partition coefficient (Wildman–Crippen LogP) is 3.13. The Morgan fingerprint density at radius 1 is 1.29 bits per heavy atom. The van der Waals surface area contributed by atoms with Gasteiger partial charge in [-0.25, -0.2) is 8.42 Å². The van der Waals surface area contributed by atoms with Crippen LogP contribution >= 0.6 is 0 Å². The predicted molar refractivity (Wildman–Crippen MR) is 118 cm³/mol. The first-order valence-corrected chi connectivity index (χ1v) is 11.7. The van der Waals surface area contributed by atoms with E-state index in [0.717, 1.165) is 40.7 Å². The van der Waals surface area contributed by atoms with Crippen LogP contribution in [0.2, 0.25) is 0 Å². The van der Waals surface area contributed by atoms with Crippen molar-refractivity contribution >= 4 is 33.0 Å². The molecule has 3 rings (SSSR count). The van der Waals surface area contributed by atoms with E-state index in [9.17, 15) is 23.3 Å². The summed E-state index contributed by atoms with van der Waals surface area (Å²) in [5.74, 6) is -0.255. The number of benzene rings is 2. The quantitative estimate of drug-likeness (QED) is 0.476. The molecule has 0 spiro atoms. The number of ether oxygens (including phenoxy) is 1. The second-order valence-corrected chi connectivity index (χ2v) is 9.18. The minimum absolute atomic E-state index is 0.0373. The van der Waals surface area contributed by atoms with Gasteiger partial charge in [-0.05, 0) is 37.0 Å². The fourth-order valence-electron chi connectivity index (χ4n) is 3.93. The van der Waals surface area contributed by atoms with Gasteiger partial charge in [0.05, 0.1) is 18.3 Å². The number of carbonyl (C=O) groups is 1. The van der Waals surface area contributed by atoms with Crippen molar-refractivity contribution < 1.29 is 22.9 Å². The van der Waals surface area contributed by atoms with Crippen LogP contribution < -0.4 is 13.9 Å². The SMILES string of the molecule is CCC(C(=O)N1CCCc2ccccc21)N(c1cc([N+](=O)[O-])ccc1OC)S(C)(=O)=O. The molecule has 0 saturated carbocycles. The van der Waals surface area contributed by atoms with E-state index in [1.807, 2.05) is 24.3 Å². The van der Waals surface area contributed by atoms with Crippen LogP contribution in [0.5, 0.6) is 5.75 Å². The van der Waals surface area contributed by atoms with Crippen LogP contribution in [0.15, 0.2) is 42.5 Å². The summed E-state index contributed by atoms with van der Waals surface area (Å²) in [6.07, 6.45) is 2.76. The molecule has 1 heterocycles. The van der Waals surface area contributed by atoms with Gasteiger partial charge in [0.15, 0.2) is 0 Å². The fraction of sp³-hybridized carbons (Fsp3) is 0.381. The van der Waals surface area contributed by atoms with E-state index in [1.54, 1.807) is 11.8 Å². The highest BCUT2D eigenvalue weighted by molar-refractivity contribution is 7.92. The first-order chi connectivity index (χ1) is 14.7. The molecule has 1 aliphatic heterocycles. The number of sulfonamides is 1. The molecule has 31 heavy (non-hydrogen) atoms. The maximum Gasteiger partial charge on any atom is 0.271 e. The summed E-state index contributed by atoms with van der Waals surface area (Å²) in [4.78, 5) is 25.9. The van der Waals surface area contributed by atoms with Gasteiger partial charge in [0, 0.05) is 24.4 Å². The number of hydrogen-bond acceptors (Lipinski definition) is 6. The van der Waals surface area contributed by atoms with Gasteiger partial charge >= 0.3 is 0 Å². The van der Waals surface area contributed by atoms with E-state index < -0.39 is 21.0 Å². The van der Waals surface area contributed by atoms with Gasteiger partial charge in [0.1, 0.15) is 17.5 Å². The Kier molecular flexibility index (Phi) is 6.49. The van der Waals surface area contributed by atoms with E-state index in [1.165, 1.54) is 19.2 Å². The lowest BCUT2D eigenvalue weighted by Crippen LogP contribution is -2.52.